The van der Waals surface area contributed by atoms with Crippen LogP contribution in [-0.4, -0.2) is 41.4 Å². The number of esters is 1. The molecule has 6 nitrogen and oxygen atoms in total. The molecule has 2 amide bonds. The molecule has 0 aromatic heterocycles. The van der Waals surface area contributed by atoms with E-state index in [1.807, 2.05) is 0 Å². The van der Waals surface area contributed by atoms with Gasteiger partial charge in [0.15, 0.2) is 0 Å². The number of hydrogen-bond acceptors (Lipinski definition) is 4. The van der Waals surface area contributed by atoms with E-state index in [2.05, 4.69) is 6.58 Å². The molecule has 20 heavy (non-hydrogen) atoms. The number of nitrogens with two attached hydrogens (primary N) is 1. The van der Waals surface area contributed by atoms with E-state index in [9.17, 15) is 14.4 Å². The van der Waals surface area contributed by atoms with Crippen molar-refractivity contribution in [3.8, 4) is 0 Å². The Morgan fingerprint density at radius 1 is 1.40 bits per heavy atom. The molecule has 0 fully saturated rings. The lowest BCUT2D eigenvalue weighted by molar-refractivity contribution is -0.155. The van der Waals surface area contributed by atoms with Crippen LogP contribution in [0.1, 0.15) is 40.5 Å². The van der Waals surface area contributed by atoms with Gasteiger partial charge in [-0.25, -0.2) is 0 Å². The average molecular weight is 284 g/mol. The zero-order valence-electron chi connectivity index (χ0n) is 12.6. The molecule has 0 aliphatic carbocycles. The van der Waals surface area contributed by atoms with Crippen LogP contribution in [0, 0.1) is 0 Å². The van der Waals surface area contributed by atoms with Gasteiger partial charge in [-0.15, -0.1) is 0 Å². The molecule has 0 bridgehead atoms. The standard InChI is InChI=1S/C14H24N2O4/c1-10(2)8-16(9-17)11(13(15)19)6-7-12(18)20-14(3,4)5/h9,11H,1,6-8H2,2-5H3,(H2,15,19)/t11-/m0/s1. The molecule has 0 saturated heterocycles. The summed E-state index contributed by atoms with van der Waals surface area (Å²) in [6.07, 6.45) is 0.695. The van der Waals surface area contributed by atoms with Gasteiger partial charge in [0, 0.05) is 13.0 Å². The fourth-order valence-corrected chi connectivity index (χ4v) is 1.65. The van der Waals surface area contributed by atoms with E-state index in [4.69, 9.17) is 10.5 Å². The topological polar surface area (TPSA) is 89.7 Å². The maximum Gasteiger partial charge on any atom is 0.306 e. The Kier molecular flexibility index (Phi) is 6.96. The summed E-state index contributed by atoms with van der Waals surface area (Å²) >= 11 is 0. The number of carbonyl (C=O) groups excluding carboxylic acids is 3. The molecule has 0 aromatic rings. The predicted octanol–water partition coefficient (Wildman–Crippen LogP) is 0.997. The summed E-state index contributed by atoms with van der Waals surface area (Å²) < 4.78 is 5.15. The summed E-state index contributed by atoms with van der Waals surface area (Å²) in [6, 6.07) is -0.836. The van der Waals surface area contributed by atoms with Crippen molar-refractivity contribution in [2.75, 3.05) is 6.54 Å². The summed E-state index contributed by atoms with van der Waals surface area (Å²) in [5.41, 5.74) is 5.42. The number of amides is 2. The highest BCUT2D eigenvalue weighted by Gasteiger charge is 2.25. The fourth-order valence-electron chi connectivity index (χ4n) is 1.65. The first-order valence-corrected chi connectivity index (χ1v) is 6.43. The van der Waals surface area contributed by atoms with Gasteiger partial charge in [-0.05, 0) is 34.1 Å². The first-order chi connectivity index (χ1) is 9.06. The minimum atomic E-state index is -0.836. The molecule has 0 saturated carbocycles. The van der Waals surface area contributed by atoms with E-state index < -0.39 is 23.5 Å². The highest BCUT2D eigenvalue weighted by molar-refractivity contribution is 5.82. The van der Waals surface area contributed by atoms with Gasteiger partial charge in [0.25, 0.3) is 0 Å². The lowest BCUT2D eigenvalue weighted by Crippen LogP contribution is -2.45. The van der Waals surface area contributed by atoms with Gasteiger partial charge >= 0.3 is 5.97 Å². The Hall–Kier alpha value is -1.85. The minimum Gasteiger partial charge on any atom is -0.460 e. The summed E-state index contributed by atoms with van der Waals surface area (Å²) in [5.74, 6) is -1.08. The van der Waals surface area contributed by atoms with Crippen LogP contribution in [0.25, 0.3) is 0 Å². The van der Waals surface area contributed by atoms with Gasteiger partial charge in [0.1, 0.15) is 11.6 Å². The number of hydrogen-bond donors (Lipinski definition) is 1. The maximum absolute atomic E-state index is 11.6. The molecule has 2 N–H and O–H groups in total. The Bertz CT molecular complexity index is 385. The van der Waals surface area contributed by atoms with Crippen LogP contribution in [0.3, 0.4) is 0 Å². The van der Waals surface area contributed by atoms with Crippen molar-refractivity contribution in [2.24, 2.45) is 5.73 Å². The van der Waals surface area contributed by atoms with Crippen LogP contribution in [0.2, 0.25) is 0 Å². The molecule has 0 aliphatic heterocycles. The van der Waals surface area contributed by atoms with Gasteiger partial charge in [0.2, 0.25) is 12.3 Å². The SMILES string of the molecule is C=C(C)CN(C=O)[C@@H](CCC(=O)OC(C)(C)C)C(N)=O. The fraction of sp³-hybridized carbons (Fsp3) is 0.643. The molecule has 0 unspecified atom stereocenters. The van der Waals surface area contributed by atoms with E-state index in [-0.39, 0.29) is 19.4 Å². The first-order valence-electron chi connectivity index (χ1n) is 6.43. The first kappa shape index (κ1) is 18.1. The van der Waals surface area contributed by atoms with Gasteiger partial charge in [-0.1, -0.05) is 12.2 Å². The highest BCUT2D eigenvalue weighted by atomic mass is 16.6. The minimum absolute atomic E-state index is 0.0193. The summed E-state index contributed by atoms with van der Waals surface area (Å²) in [6.45, 7) is 10.9. The van der Waals surface area contributed by atoms with Crippen molar-refractivity contribution >= 4 is 18.3 Å². The number of primary amides is 1. The Labute approximate surface area is 119 Å². The summed E-state index contributed by atoms with van der Waals surface area (Å²) in [7, 11) is 0. The summed E-state index contributed by atoms with van der Waals surface area (Å²) in [4.78, 5) is 35.3. The molecule has 0 rings (SSSR count). The van der Waals surface area contributed by atoms with Crippen LogP contribution in [-0.2, 0) is 19.1 Å². The largest absolute Gasteiger partial charge is 0.460 e. The molecule has 0 aromatic carbocycles. The van der Waals surface area contributed by atoms with Crippen molar-refractivity contribution < 1.29 is 19.1 Å². The van der Waals surface area contributed by atoms with Crippen molar-refractivity contribution in [1.29, 1.82) is 0 Å². The quantitative estimate of drug-likeness (QED) is 0.409. The third-order valence-electron chi connectivity index (χ3n) is 2.36. The average Bonchev–Trinajstić information content (AvgIpc) is 2.24. The molecule has 0 aliphatic rings. The van der Waals surface area contributed by atoms with E-state index in [0.717, 1.165) is 5.57 Å². The van der Waals surface area contributed by atoms with Crippen LogP contribution >= 0.6 is 0 Å². The molecule has 114 valence electrons. The van der Waals surface area contributed by atoms with Gasteiger partial charge < -0.3 is 15.4 Å². The molecule has 0 heterocycles. The molecule has 1 atom stereocenters. The van der Waals surface area contributed by atoms with E-state index >= 15 is 0 Å². The van der Waals surface area contributed by atoms with E-state index in [1.54, 1.807) is 27.7 Å². The van der Waals surface area contributed by atoms with E-state index in [0.29, 0.717) is 6.41 Å². The number of carbonyl (C=O) groups is 3. The van der Waals surface area contributed by atoms with Crippen LogP contribution in [0.15, 0.2) is 12.2 Å². The Morgan fingerprint density at radius 2 is 1.95 bits per heavy atom. The smallest absolute Gasteiger partial charge is 0.306 e. The number of rotatable bonds is 8. The van der Waals surface area contributed by atoms with E-state index in [1.165, 1.54) is 4.90 Å². The highest BCUT2D eigenvalue weighted by Crippen LogP contribution is 2.12. The normalized spacial score (nSPS) is 12.4. The van der Waals surface area contributed by atoms with Crippen molar-refractivity contribution in [3.05, 3.63) is 12.2 Å². The monoisotopic (exact) mass is 284 g/mol. The van der Waals surface area contributed by atoms with Crippen molar-refractivity contribution in [1.82, 2.24) is 4.90 Å². The lowest BCUT2D eigenvalue weighted by Gasteiger charge is -2.26. The Balaban J connectivity index is 4.63. The second-order valence-electron chi connectivity index (χ2n) is 5.78. The van der Waals surface area contributed by atoms with Crippen LogP contribution < -0.4 is 5.73 Å². The lowest BCUT2D eigenvalue weighted by atomic mass is 10.1. The van der Waals surface area contributed by atoms with Gasteiger partial charge in [-0.2, -0.15) is 0 Å². The van der Waals surface area contributed by atoms with Crippen LogP contribution in [0.5, 0.6) is 0 Å². The predicted molar refractivity (Wildman–Crippen MR) is 75.6 cm³/mol. The third kappa shape index (κ3) is 7.56. The summed E-state index contributed by atoms with van der Waals surface area (Å²) in [5, 5.41) is 0. The third-order valence-corrected chi connectivity index (χ3v) is 2.36. The van der Waals surface area contributed by atoms with Crippen molar-refractivity contribution in [2.45, 2.75) is 52.2 Å². The van der Waals surface area contributed by atoms with Gasteiger partial charge in [-0.3, -0.25) is 14.4 Å². The Morgan fingerprint density at radius 3 is 2.30 bits per heavy atom. The second-order valence-corrected chi connectivity index (χ2v) is 5.78. The molecule has 0 spiro atoms. The molecular formula is C14H24N2O4. The number of ether oxygens (including phenoxy) is 1. The molecule has 0 radical (unpaired) electrons. The van der Waals surface area contributed by atoms with Crippen LogP contribution in [0.4, 0.5) is 0 Å². The van der Waals surface area contributed by atoms with Gasteiger partial charge in [0.05, 0.1) is 0 Å². The second kappa shape index (κ2) is 7.67. The zero-order valence-corrected chi connectivity index (χ0v) is 12.6. The molecule has 6 heteroatoms. The van der Waals surface area contributed by atoms with Crippen molar-refractivity contribution in [3.63, 3.8) is 0 Å². The zero-order chi connectivity index (χ0) is 15.9. The maximum atomic E-state index is 11.6. The number of nitrogens with zero attached hydrogens (tertiary/aromatic N) is 1. The molecular weight excluding hydrogens is 260 g/mol.